The van der Waals surface area contributed by atoms with Crippen molar-refractivity contribution in [2.75, 3.05) is 0 Å². The largest absolute Gasteiger partial charge is 0.238 e. The number of aromatic nitrogens is 2. The molecule has 0 aliphatic carbocycles. The van der Waals surface area contributed by atoms with Crippen LogP contribution in [0.4, 0.5) is 0 Å². The van der Waals surface area contributed by atoms with E-state index in [9.17, 15) is 0 Å². The molecule has 2 nitrogen and oxygen atoms in total. The number of hydrogen-bond acceptors (Lipinski definition) is 2. The summed E-state index contributed by atoms with van der Waals surface area (Å²) in [5.74, 6) is 0.840. The van der Waals surface area contributed by atoms with Crippen LogP contribution in [0, 0.1) is 6.92 Å². The number of hydrogen-bond donors (Lipinski definition) is 0. The molecule has 0 saturated heterocycles. The summed E-state index contributed by atoms with van der Waals surface area (Å²) in [5.41, 5.74) is 2.14. The van der Waals surface area contributed by atoms with Gasteiger partial charge >= 0.3 is 0 Å². The lowest BCUT2D eigenvalue weighted by Gasteiger charge is -2.04. The fourth-order valence-electron chi connectivity index (χ4n) is 1.57. The van der Waals surface area contributed by atoms with Gasteiger partial charge < -0.3 is 0 Å². The molecule has 0 radical (unpaired) electrons. The van der Waals surface area contributed by atoms with E-state index in [0.717, 1.165) is 33.3 Å². The highest BCUT2D eigenvalue weighted by Gasteiger charge is 2.03. The van der Waals surface area contributed by atoms with Gasteiger partial charge in [-0.3, -0.25) is 0 Å². The number of fused-ring (bicyclic) bond motifs is 1. The average molecular weight is 251 g/mol. The number of benzene rings is 1. The maximum absolute atomic E-state index is 4.42. The van der Waals surface area contributed by atoms with Crippen LogP contribution in [0.1, 0.15) is 18.4 Å². The average Bonchev–Trinajstić information content (AvgIpc) is 2.15. The summed E-state index contributed by atoms with van der Waals surface area (Å²) in [7, 11) is 0. The van der Waals surface area contributed by atoms with E-state index in [1.165, 1.54) is 0 Å². The van der Waals surface area contributed by atoms with Gasteiger partial charge in [0.05, 0.1) is 11.2 Å². The normalized spacial score (nSPS) is 10.8. The molecule has 0 saturated carbocycles. The maximum atomic E-state index is 4.42. The van der Waals surface area contributed by atoms with Gasteiger partial charge in [-0.2, -0.15) is 0 Å². The Morgan fingerprint density at radius 3 is 2.79 bits per heavy atom. The number of rotatable bonds is 1. The van der Waals surface area contributed by atoms with Crippen LogP contribution in [0.25, 0.3) is 10.9 Å². The molecule has 0 amide bonds. The van der Waals surface area contributed by atoms with E-state index in [2.05, 4.69) is 38.9 Å². The number of nitrogens with zero attached hydrogens (tertiary/aromatic N) is 2. The third-order valence-electron chi connectivity index (χ3n) is 2.18. The molecule has 1 aromatic heterocycles. The second kappa shape index (κ2) is 3.65. The molecular weight excluding hydrogens is 240 g/mol. The minimum Gasteiger partial charge on any atom is -0.238 e. The monoisotopic (exact) mass is 250 g/mol. The molecule has 3 heteroatoms. The van der Waals surface area contributed by atoms with Gasteiger partial charge in [0.15, 0.2) is 0 Å². The Morgan fingerprint density at radius 1 is 1.29 bits per heavy atom. The van der Waals surface area contributed by atoms with Crippen LogP contribution in [-0.4, -0.2) is 9.97 Å². The van der Waals surface area contributed by atoms with E-state index in [-0.39, 0.29) is 0 Å². The van der Waals surface area contributed by atoms with Crippen LogP contribution in [0.15, 0.2) is 22.7 Å². The Kier molecular flexibility index (Phi) is 2.50. The lowest BCUT2D eigenvalue weighted by atomic mass is 10.1. The molecule has 0 bridgehead atoms. The minimum atomic E-state index is 0.840. The van der Waals surface area contributed by atoms with Gasteiger partial charge in [0.1, 0.15) is 5.82 Å². The molecule has 0 aliphatic heterocycles. The molecule has 0 atom stereocenters. The van der Waals surface area contributed by atoms with Crippen molar-refractivity contribution in [3.8, 4) is 0 Å². The van der Waals surface area contributed by atoms with E-state index >= 15 is 0 Å². The Labute approximate surface area is 91.5 Å². The standard InChI is InChI=1S/C11H11BrN2/c1-3-10-9-5-4-8(12)6-11(9)14-7(2)13-10/h4-6H,3H2,1-2H3. The third kappa shape index (κ3) is 1.64. The highest BCUT2D eigenvalue weighted by atomic mass is 79.9. The Balaban J connectivity index is 2.81. The van der Waals surface area contributed by atoms with E-state index in [1.54, 1.807) is 0 Å². The van der Waals surface area contributed by atoms with Crippen LogP contribution in [0.3, 0.4) is 0 Å². The zero-order valence-corrected chi connectivity index (χ0v) is 9.80. The van der Waals surface area contributed by atoms with Gasteiger partial charge in [-0.05, 0) is 31.5 Å². The first-order valence-electron chi connectivity index (χ1n) is 4.63. The van der Waals surface area contributed by atoms with Crippen LogP contribution >= 0.6 is 15.9 Å². The first kappa shape index (κ1) is 9.59. The fourth-order valence-corrected chi connectivity index (χ4v) is 1.91. The lowest BCUT2D eigenvalue weighted by molar-refractivity contribution is 0.981. The summed E-state index contributed by atoms with van der Waals surface area (Å²) in [6, 6.07) is 6.13. The maximum Gasteiger partial charge on any atom is 0.126 e. The fraction of sp³-hybridized carbons (Fsp3) is 0.273. The van der Waals surface area contributed by atoms with Crippen LogP contribution in [0.2, 0.25) is 0 Å². The predicted molar refractivity (Wildman–Crippen MR) is 61.4 cm³/mol. The predicted octanol–water partition coefficient (Wildman–Crippen LogP) is 3.26. The van der Waals surface area contributed by atoms with E-state index in [0.29, 0.717) is 0 Å². The molecule has 2 aromatic rings. The summed E-state index contributed by atoms with van der Waals surface area (Å²) < 4.78 is 1.06. The van der Waals surface area contributed by atoms with Gasteiger partial charge in [-0.1, -0.05) is 22.9 Å². The quantitative estimate of drug-likeness (QED) is 0.777. The van der Waals surface area contributed by atoms with Crippen molar-refractivity contribution in [1.29, 1.82) is 0 Å². The van der Waals surface area contributed by atoms with Crippen molar-refractivity contribution < 1.29 is 0 Å². The van der Waals surface area contributed by atoms with E-state index in [4.69, 9.17) is 0 Å². The summed E-state index contributed by atoms with van der Waals surface area (Å²) in [4.78, 5) is 8.83. The van der Waals surface area contributed by atoms with Crippen LogP contribution in [-0.2, 0) is 6.42 Å². The molecule has 0 spiro atoms. The number of halogens is 1. The van der Waals surface area contributed by atoms with Crippen LogP contribution in [0.5, 0.6) is 0 Å². The SMILES string of the molecule is CCc1nc(C)nc2cc(Br)ccc12. The topological polar surface area (TPSA) is 25.8 Å². The van der Waals surface area contributed by atoms with E-state index in [1.807, 2.05) is 19.1 Å². The first-order valence-corrected chi connectivity index (χ1v) is 5.43. The Bertz CT molecular complexity index is 475. The molecule has 0 N–H and O–H groups in total. The second-order valence-electron chi connectivity index (χ2n) is 3.23. The van der Waals surface area contributed by atoms with Gasteiger partial charge in [-0.15, -0.1) is 0 Å². The van der Waals surface area contributed by atoms with Crippen molar-refractivity contribution in [2.45, 2.75) is 20.3 Å². The van der Waals surface area contributed by atoms with Crippen molar-refractivity contribution in [2.24, 2.45) is 0 Å². The summed E-state index contributed by atoms with van der Waals surface area (Å²) in [6.07, 6.45) is 0.946. The smallest absolute Gasteiger partial charge is 0.126 e. The first-order chi connectivity index (χ1) is 6.70. The molecule has 0 unspecified atom stereocenters. The summed E-state index contributed by atoms with van der Waals surface area (Å²) >= 11 is 3.44. The van der Waals surface area contributed by atoms with Crippen molar-refractivity contribution in [1.82, 2.24) is 9.97 Å². The number of aryl methyl sites for hydroxylation is 2. The lowest BCUT2D eigenvalue weighted by Crippen LogP contribution is -1.96. The Morgan fingerprint density at radius 2 is 2.07 bits per heavy atom. The van der Waals surface area contributed by atoms with Crippen LogP contribution < -0.4 is 0 Å². The summed E-state index contributed by atoms with van der Waals surface area (Å²) in [5, 5.41) is 1.15. The molecule has 0 aliphatic rings. The van der Waals surface area contributed by atoms with Crippen molar-refractivity contribution in [3.63, 3.8) is 0 Å². The molecule has 14 heavy (non-hydrogen) atoms. The zero-order chi connectivity index (χ0) is 10.1. The van der Waals surface area contributed by atoms with Crippen molar-refractivity contribution in [3.05, 3.63) is 34.2 Å². The second-order valence-corrected chi connectivity index (χ2v) is 4.15. The minimum absolute atomic E-state index is 0.840. The third-order valence-corrected chi connectivity index (χ3v) is 2.68. The van der Waals surface area contributed by atoms with Gasteiger partial charge in [0.25, 0.3) is 0 Å². The zero-order valence-electron chi connectivity index (χ0n) is 8.21. The molecular formula is C11H11BrN2. The van der Waals surface area contributed by atoms with Crippen molar-refractivity contribution >= 4 is 26.8 Å². The molecule has 72 valence electrons. The molecule has 1 heterocycles. The molecule has 1 aromatic carbocycles. The summed E-state index contributed by atoms with van der Waals surface area (Å²) in [6.45, 7) is 4.04. The van der Waals surface area contributed by atoms with Gasteiger partial charge in [-0.25, -0.2) is 9.97 Å². The molecule has 2 rings (SSSR count). The van der Waals surface area contributed by atoms with Gasteiger partial charge in [0, 0.05) is 9.86 Å². The van der Waals surface area contributed by atoms with E-state index < -0.39 is 0 Å². The molecule has 0 fully saturated rings. The van der Waals surface area contributed by atoms with Gasteiger partial charge in [0.2, 0.25) is 0 Å². The highest BCUT2D eigenvalue weighted by Crippen LogP contribution is 2.20. The highest BCUT2D eigenvalue weighted by molar-refractivity contribution is 9.10. The Hall–Kier alpha value is -0.960.